The molecule has 1 amide bonds. The van der Waals surface area contributed by atoms with Gasteiger partial charge < -0.3 is 4.90 Å². The molecule has 18 heavy (non-hydrogen) atoms. The van der Waals surface area contributed by atoms with Gasteiger partial charge in [-0.15, -0.1) is 5.10 Å². The Bertz CT molecular complexity index is 459. The molecular formula is C12H18N4OS. The maximum Gasteiger partial charge on any atom is 0.345 e. The van der Waals surface area contributed by atoms with Crippen LogP contribution in [0.5, 0.6) is 0 Å². The minimum atomic E-state index is -0.151. The minimum Gasteiger partial charge on any atom is -0.329 e. The average Bonchev–Trinajstić information content (AvgIpc) is 3.03. The van der Waals surface area contributed by atoms with Crippen LogP contribution in [0.3, 0.4) is 0 Å². The van der Waals surface area contributed by atoms with Gasteiger partial charge in [0.1, 0.15) is 6.33 Å². The molecule has 2 aliphatic carbocycles. The molecule has 2 bridgehead atoms. The van der Waals surface area contributed by atoms with Crippen LogP contribution in [-0.4, -0.2) is 45.0 Å². The summed E-state index contributed by atoms with van der Waals surface area (Å²) < 4.78 is 1.32. The van der Waals surface area contributed by atoms with Gasteiger partial charge in [0.15, 0.2) is 0 Å². The molecule has 0 aliphatic heterocycles. The molecule has 0 radical (unpaired) electrons. The molecule has 0 unspecified atom stereocenters. The molecule has 5 nitrogen and oxygen atoms in total. The summed E-state index contributed by atoms with van der Waals surface area (Å²) in [4.78, 5) is 17.4. The summed E-state index contributed by atoms with van der Waals surface area (Å²) in [6, 6.07) is -0.151. The second-order valence-corrected chi connectivity index (χ2v) is 6.69. The quantitative estimate of drug-likeness (QED) is 0.822. The van der Waals surface area contributed by atoms with E-state index in [1.54, 1.807) is 25.9 Å². The van der Waals surface area contributed by atoms with Crippen LogP contribution in [-0.2, 0) is 0 Å². The molecule has 1 heterocycles. The molecule has 0 aromatic carbocycles. The molecule has 3 atom stereocenters. The zero-order valence-corrected chi connectivity index (χ0v) is 11.6. The Morgan fingerprint density at radius 3 is 2.89 bits per heavy atom. The zero-order chi connectivity index (χ0) is 12.7. The first kappa shape index (κ1) is 12.0. The van der Waals surface area contributed by atoms with Gasteiger partial charge in [-0.1, -0.05) is 18.2 Å². The van der Waals surface area contributed by atoms with Gasteiger partial charge in [0.05, 0.1) is 0 Å². The van der Waals surface area contributed by atoms with Crippen LogP contribution in [0, 0.1) is 11.8 Å². The van der Waals surface area contributed by atoms with Crippen molar-refractivity contribution in [3.8, 4) is 0 Å². The fourth-order valence-electron chi connectivity index (χ4n) is 3.07. The standard InChI is InChI=1S/C12H18N4OS/c1-15(2)12(17)16-7-13-11(14-16)18-10-6-8-3-4-9(10)5-8/h7-10H,3-6H2,1-2H3/t8-,9+,10+/m0/s1. The Morgan fingerprint density at radius 2 is 2.28 bits per heavy atom. The Kier molecular flexibility index (Phi) is 3.05. The lowest BCUT2D eigenvalue weighted by Crippen LogP contribution is -2.27. The van der Waals surface area contributed by atoms with E-state index in [2.05, 4.69) is 10.1 Å². The first-order valence-corrected chi connectivity index (χ1v) is 7.31. The van der Waals surface area contributed by atoms with E-state index in [4.69, 9.17) is 0 Å². The fourth-order valence-corrected chi connectivity index (χ4v) is 4.39. The van der Waals surface area contributed by atoms with Crippen LogP contribution in [0.25, 0.3) is 0 Å². The number of hydrogen-bond donors (Lipinski definition) is 0. The highest BCUT2D eigenvalue weighted by atomic mass is 32.2. The van der Waals surface area contributed by atoms with Gasteiger partial charge in [-0.25, -0.2) is 9.78 Å². The first-order valence-electron chi connectivity index (χ1n) is 6.43. The number of hydrogen-bond acceptors (Lipinski definition) is 4. The molecule has 0 spiro atoms. The third-order valence-electron chi connectivity index (χ3n) is 3.98. The normalized spacial score (nSPS) is 29.8. The summed E-state index contributed by atoms with van der Waals surface area (Å²) in [6.45, 7) is 0. The van der Waals surface area contributed by atoms with Gasteiger partial charge in [0.2, 0.25) is 5.16 Å². The Labute approximate surface area is 111 Å². The largest absolute Gasteiger partial charge is 0.345 e. The molecule has 6 heteroatoms. The lowest BCUT2D eigenvalue weighted by molar-refractivity contribution is 0.215. The second kappa shape index (κ2) is 4.57. The van der Waals surface area contributed by atoms with E-state index in [0.29, 0.717) is 5.25 Å². The van der Waals surface area contributed by atoms with Crippen molar-refractivity contribution in [3.63, 3.8) is 0 Å². The van der Waals surface area contributed by atoms with Crippen LogP contribution in [0.15, 0.2) is 11.5 Å². The van der Waals surface area contributed by atoms with Gasteiger partial charge in [0.25, 0.3) is 0 Å². The molecule has 2 aliphatic rings. The van der Waals surface area contributed by atoms with Crippen molar-refractivity contribution in [2.24, 2.45) is 11.8 Å². The van der Waals surface area contributed by atoms with Crippen molar-refractivity contribution in [3.05, 3.63) is 6.33 Å². The highest BCUT2D eigenvalue weighted by molar-refractivity contribution is 7.99. The fraction of sp³-hybridized carbons (Fsp3) is 0.750. The van der Waals surface area contributed by atoms with E-state index in [1.807, 2.05) is 0 Å². The lowest BCUT2D eigenvalue weighted by Gasteiger charge is -2.19. The van der Waals surface area contributed by atoms with Crippen LogP contribution in [0.4, 0.5) is 4.79 Å². The van der Waals surface area contributed by atoms with Crippen molar-refractivity contribution in [2.75, 3.05) is 14.1 Å². The topological polar surface area (TPSA) is 51.0 Å². The Morgan fingerprint density at radius 1 is 1.44 bits per heavy atom. The second-order valence-electron chi connectivity index (χ2n) is 5.48. The smallest absolute Gasteiger partial charge is 0.329 e. The van der Waals surface area contributed by atoms with Crippen LogP contribution < -0.4 is 0 Å². The van der Waals surface area contributed by atoms with Crippen LogP contribution >= 0.6 is 11.8 Å². The molecule has 1 aromatic rings. The number of carbonyl (C=O) groups is 1. The van der Waals surface area contributed by atoms with Crippen molar-refractivity contribution in [1.29, 1.82) is 0 Å². The van der Waals surface area contributed by atoms with Crippen LogP contribution in [0.1, 0.15) is 25.7 Å². The molecule has 3 rings (SSSR count). The summed E-state index contributed by atoms with van der Waals surface area (Å²) in [5, 5.41) is 5.66. The summed E-state index contributed by atoms with van der Waals surface area (Å²) in [7, 11) is 3.43. The molecule has 98 valence electrons. The van der Waals surface area contributed by atoms with Crippen molar-refractivity contribution in [2.45, 2.75) is 36.1 Å². The number of fused-ring (bicyclic) bond motifs is 2. The van der Waals surface area contributed by atoms with Gasteiger partial charge in [0, 0.05) is 19.3 Å². The maximum atomic E-state index is 11.7. The Hall–Kier alpha value is -1.04. The molecular weight excluding hydrogens is 248 g/mol. The third kappa shape index (κ3) is 2.13. The van der Waals surface area contributed by atoms with Crippen molar-refractivity contribution < 1.29 is 4.79 Å². The number of nitrogens with zero attached hydrogens (tertiary/aromatic N) is 4. The van der Waals surface area contributed by atoms with Crippen molar-refractivity contribution >= 4 is 17.8 Å². The molecule has 2 saturated carbocycles. The highest BCUT2D eigenvalue weighted by Crippen LogP contribution is 2.50. The molecule has 2 fully saturated rings. The van der Waals surface area contributed by atoms with Gasteiger partial charge in [-0.2, -0.15) is 4.68 Å². The third-order valence-corrected chi connectivity index (χ3v) is 5.26. The molecule has 0 saturated heterocycles. The molecule has 0 N–H and O–H groups in total. The van der Waals surface area contributed by atoms with Gasteiger partial charge in [-0.3, -0.25) is 0 Å². The van der Waals surface area contributed by atoms with E-state index < -0.39 is 0 Å². The average molecular weight is 266 g/mol. The summed E-state index contributed by atoms with van der Waals surface area (Å²) in [6.07, 6.45) is 6.96. The lowest BCUT2D eigenvalue weighted by atomic mass is 10.0. The van der Waals surface area contributed by atoms with E-state index >= 15 is 0 Å². The Balaban J connectivity index is 1.65. The van der Waals surface area contributed by atoms with E-state index in [0.717, 1.165) is 17.0 Å². The van der Waals surface area contributed by atoms with E-state index in [9.17, 15) is 4.79 Å². The number of aromatic nitrogens is 3. The minimum absolute atomic E-state index is 0.151. The predicted molar refractivity (Wildman–Crippen MR) is 69.6 cm³/mol. The van der Waals surface area contributed by atoms with E-state index in [-0.39, 0.29) is 6.03 Å². The SMILES string of the molecule is CN(C)C(=O)n1cnc(S[C@@H]2C[C@H]3CC[C@@H]2C3)n1. The molecule has 1 aromatic heterocycles. The summed E-state index contributed by atoms with van der Waals surface area (Å²) in [5.74, 6) is 1.77. The maximum absolute atomic E-state index is 11.7. The number of thioether (sulfide) groups is 1. The van der Waals surface area contributed by atoms with Gasteiger partial charge in [-0.05, 0) is 31.1 Å². The number of amides is 1. The first-order chi connectivity index (χ1) is 8.63. The van der Waals surface area contributed by atoms with E-state index in [1.165, 1.54) is 41.6 Å². The van der Waals surface area contributed by atoms with Gasteiger partial charge >= 0.3 is 6.03 Å². The summed E-state index contributed by atoms with van der Waals surface area (Å²) in [5.41, 5.74) is 0. The summed E-state index contributed by atoms with van der Waals surface area (Å²) >= 11 is 1.75. The number of rotatable bonds is 2. The van der Waals surface area contributed by atoms with Crippen LogP contribution in [0.2, 0.25) is 0 Å². The predicted octanol–water partition coefficient (Wildman–Crippen LogP) is 2.09. The van der Waals surface area contributed by atoms with Crippen molar-refractivity contribution in [1.82, 2.24) is 19.7 Å². The highest BCUT2D eigenvalue weighted by Gasteiger charge is 2.40. The number of carbonyl (C=O) groups excluding carboxylic acids is 1. The zero-order valence-electron chi connectivity index (χ0n) is 10.7. The monoisotopic (exact) mass is 266 g/mol.